The minimum atomic E-state index is -0.739. The molecule has 1 aliphatic rings. The van der Waals surface area contributed by atoms with Crippen molar-refractivity contribution in [2.24, 2.45) is 0 Å². The van der Waals surface area contributed by atoms with Gasteiger partial charge in [-0.1, -0.05) is 27.5 Å². The Kier molecular flexibility index (Phi) is 5.10. The van der Waals surface area contributed by atoms with Gasteiger partial charge in [0.05, 0.1) is 6.04 Å². The second kappa shape index (κ2) is 7.57. The number of anilines is 1. The van der Waals surface area contributed by atoms with Gasteiger partial charge in [-0.2, -0.15) is 0 Å². The van der Waals surface area contributed by atoms with Gasteiger partial charge in [-0.3, -0.25) is 9.59 Å². The van der Waals surface area contributed by atoms with E-state index in [4.69, 9.17) is 11.6 Å². The van der Waals surface area contributed by atoms with Gasteiger partial charge >= 0.3 is 0 Å². The molecule has 8 heteroatoms. The Labute approximate surface area is 178 Å². The fraction of sp³-hybridized carbons (Fsp3) is 0.0476. The Morgan fingerprint density at radius 3 is 2.45 bits per heavy atom. The molecule has 1 unspecified atom stereocenters. The largest absolute Gasteiger partial charge is 0.341 e. The van der Waals surface area contributed by atoms with Crippen LogP contribution in [-0.4, -0.2) is 11.8 Å². The van der Waals surface area contributed by atoms with Crippen molar-refractivity contribution in [3.63, 3.8) is 0 Å². The van der Waals surface area contributed by atoms with Crippen molar-refractivity contribution in [2.75, 3.05) is 5.32 Å². The highest BCUT2D eigenvalue weighted by molar-refractivity contribution is 9.10. The van der Waals surface area contributed by atoms with E-state index in [1.54, 1.807) is 12.1 Å². The lowest BCUT2D eigenvalue weighted by molar-refractivity contribution is 0.0959. The first-order chi connectivity index (χ1) is 13.8. The smallest absolute Gasteiger partial charge is 0.255 e. The maximum absolute atomic E-state index is 13.8. The van der Waals surface area contributed by atoms with Crippen LogP contribution >= 0.6 is 27.5 Å². The summed E-state index contributed by atoms with van der Waals surface area (Å²) in [5.74, 6) is -1.81. The molecule has 0 saturated carbocycles. The molecule has 0 aromatic heterocycles. The Hall–Kier alpha value is -2.77. The van der Waals surface area contributed by atoms with E-state index in [-0.39, 0.29) is 16.5 Å². The molecule has 0 saturated heterocycles. The molecule has 1 heterocycles. The van der Waals surface area contributed by atoms with E-state index in [0.717, 1.165) is 0 Å². The molecule has 0 bridgehead atoms. The van der Waals surface area contributed by atoms with Crippen molar-refractivity contribution in [1.29, 1.82) is 0 Å². The van der Waals surface area contributed by atoms with E-state index in [0.29, 0.717) is 26.9 Å². The number of carbonyl (C=O) groups excluding carboxylic acids is 2. The molecule has 0 fully saturated rings. The van der Waals surface area contributed by atoms with Crippen molar-refractivity contribution >= 4 is 45.0 Å². The lowest BCUT2D eigenvalue weighted by Crippen LogP contribution is -2.21. The molecule has 2 amide bonds. The van der Waals surface area contributed by atoms with Crippen LogP contribution in [0.25, 0.3) is 0 Å². The maximum Gasteiger partial charge on any atom is 0.255 e. The van der Waals surface area contributed by atoms with Crippen LogP contribution in [0.1, 0.15) is 37.9 Å². The number of halogens is 4. The summed E-state index contributed by atoms with van der Waals surface area (Å²) in [4.78, 5) is 25.2. The molecule has 146 valence electrons. The van der Waals surface area contributed by atoms with Crippen molar-refractivity contribution in [3.8, 4) is 0 Å². The molecular formula is C21H12BrClF2N2O2. The fourth-order valence-corrected chi connectivity index (χ4v) is 3.95. The van der Waals surface area contributed by atoms with Gasteiger partial charge in [0.15, 0.2) is 0 Å². The molecule has 0 spiro atoms. The van der Waals surface area contributed by atoms with E-state index in [1.807, 2.05) is 0 Å². The van der Waals surface area contributed by atoms with E-state index in [1.165, 1.54) is 42.5 Å². The summed E-state index contributed by atoms with van der Waals surface area (Å²) in [6, 6.07) is 11.5. The van der Waals surface area contributed by atoms with Gasteiger partial charge < -0.3 is 10.6 Å². The van der Waals surface area contributed by atoms with Gasteiger partial charge in [-0.05, 0) is 54.6 Å². The Morgan fingerprint density at radius 2 is 1.72 bits per heavy atom. The molecule has 29 heavy (non-hydrogen) atoms. The molecule has 1 aliphatic heterocycles. The third kappa shape index (κ3) is 3.75. The first kappa shape index (κ1) is 19.5. The Balaban J connectivity index is 1.79. The Bertz CT molecular complexity index is 1150. The van der Waals surface area contributed by atoms with Crippen LogP contribution in [0.5, 0.6) is 0 Å². The van der Waals surface area contributed by atoms with Crippen molar-refractivity contribution in [1.82, 2.24) is 5.32 Å². The summed E-state index contributed by atoms with van der Waals surface area (Å²) in [5, 5.41) is 5.81. The average Bonchev–Trinajstić information content (AvgIpc) is 3.00. The molecule has 2 N–H and O–H groups in total. The van der Waals surface area contributed by atoms with Gasteiger partial charge in [0.25, 0.3) is 11.8 Å². The van der Waals surface area contributed by atoms with Crippen LogP contribution in [-0.2, 0) is 0 Å². The number of hydrogen-bond donors (Lipinski definition) is 2. The monoisotopic (exact) mass is 476 g/mol. The Morgan fingerprint density at radius 1 is 1.03 bits per heavy atom. The molecule has 0 radical (unpaired) electrons. The number of benzene rings is 3. The van der Waals surface area contributed by atoms with E-state index in [2.05, 4.69) is 26.6 Å². The zero-order chi connectivity index (χ0) is 20.7. The average molecular weight is 478 g/mol. The van der Waals surface area contributed by atoms with E-state index < -0.39 is 23.6 Å². The number of fused-ring (bicyclic) bond motifs is 1. The highest BCUT2D eigenvalue weighted by Gasteiger charge is 2.34. The first-order valence-corrected chi connectivity index (χ1v) is 9.67. The van der Waals surface area contributed by atoms with Crippen LogP contribution in [0.15, 0.2) is 59.1 Å². The number of hydrogen-bond acceptors (Lipinski definition) is 2. The summed E-state index contributed by atoms with van der Waals surface area (Å²) in [5.41, 5.74) is 1.78. The second-order valence-corrected chi connectivity index (χ2v) is 7.77. The first-order valence-electron chi connectivity index (χ1n) is 8.49. The SMILES string of the molecule is O=C(Nc1cc(Br)cc2c1C(c1cc(F)ccc1Cl)NC2=O)c1ccc(F)cc1. The molecular weight excluding hydrogens is 466 g/mol. The summed E-state index contributed by atoms with van der Waals surface area (Å²) in [6.07, 6.45) is 0. The lowest BCUT2D eigenvalue weighted by Gasteiger charge is -2.18. The summed E-state index contributed by atoms with van der Waals surface area (Å²) in [6.45, 7) is 0. The number of amides is 2. The van der Waals surface area contributed by atoms with Crippen LogP contribution in [0.2, 0.25) is 5.02 Å². The number of carbonyl (C=O) groups is 2. The molecule has 1 atom stereocenters. The van der Waals surface area contributed by atoms with Gasteiger partial charge in [-0.25, -0.2) is 8.78 Å². The zero-order valence-electron chi connectivity index (χ0n) is 14.6. The summed E-state index contributed by atoms with van der Waals surface area (Å²) < 4.78 is 27.5. The number of rotatable bonds is 3. The minimum absolute atomic E-state index is 0.248. The van der Waals surface area contributed by atoms with Gasteiger partial charge in [0.2, 0.25) is 0 Å². The molecule has 0 aliphatic carbocycles. The van der Waals surface area contributed by atoms with E-state index in [9.17, 15) is 18.4 Å². The zero-order valence-corrected chi connectivity index (χ0v) is 16.9. The highest BCUT2D eigenvalue weighted by Crippen LogP contribution is 2.40. The fourth-order valence-electron chi connectivity index (χ4n) is 3.27. The van der Waals surface area contributed by atoms with Crippen LogP contribution in [0.4, 0.5) is 14.5 Å². The highest BCUT2D eigenvalue weighted by atomic mass is 79.9. The van der Waals surface area contributed by atoms with Crippen molar-refractivity contribution in [2.45, 2.75) is 6.04 Å². The topological polar surface area (TPSA) is 58.2 Å². The van der Waals surface area contributed by atoms with E-state index >= 15 is 0 Å². The molecule has 4 nitrogen and oxygen atoms in total. The van der Waals surface area contributed by atoms with Crippen molar-refractivity contribution < 1.29 is 18.4 Å². The maximum atomic E-state index is 13.8. The van der Waals surface area contributed by atoms with Gasteiger partial charge in [0, 0.05) is 37.4 Å². The van der Waals surface area contributed by atoms with Crippen LogP contribution < -0.4 is 10.6 Å². The van der Waals surface area contributed by atoms with Crippen molar-refractivity contribution in [3.05, 3.63) is 98.0 Å². The van der Waals surface area contributed by atoms with Gasteiger partial charge in [0.1, 0.15) is 11.6 Å². The minimum Gasteiger partial charge on any atom is -0.341 e. The van der Waals surface area contributed by atoms with Crippen LogP contribution in [0.3, 0.4) is 0 Å². The lowest BCUT2D eigenvalue weighted by atomic mass is 9.96. The number of nitrogens with one attached hydrogen (secondary N) is 2. The van der Waals surface area contributed by atoms with Crippen LogP contribution in [0, 0.1) is 11.6 Å². The van der Waals surface area contributed by atoms with Gasteiger partial charge in [-0.15, -0.1) is 0 Å². The molecule has 4 rings (SSSR count). The standard InChI is InChI=1S/C21H12BrClF2N2O2/c22-11-7-15-18(17(8-11)26-20(28)10-1-3-12(24)4-2-10)19(27-21(15)29)14-9-13(25)5-6-16(14)23/h1-9,19H,(H,26,28)(H,27,29). The predicted molar refractivity (Wildman–Crippen MR) is 109 cm³/mol. The summed E-state index contributed by atoms with van der Waals surface area (Å²) in [7, 11) is 0. The molecule has 3 aromatic rings. The quantitative estimate of drug-likeness (QED) is 0.526. The third-order valence-electron chi connectivity index (χ3n) is 4.58. The molecule has 3 aromatic carbocycles. The summed E-state index contributed by atoms with van der Waals surface area (Å²) >= 11 is 9.57. The normalized spacial score (nSPS) is 15.0. The second-order valence-electron chi connectivity index (χ2n) is 6.45. The third-order valence-corrected chi connectivity index (χ3v) is 5.38. The predicted octanol–water partition coefficient (Wildman–Crippen LogP) is 5.47.